The Hall–Kier alpha value is -2.38. The van der Waals surface area contributed by atoms with E-state index in [1.165, 1.54) is 25.7 Å². The van der Waals surface area contributed by atoms with Crippen LogP contribution in [0.25, 0.3) is 6.08 Å². The molecule has 1 amide bonds. The monoisotopic (exact) mass is 483 g/mol. The van der Waals surface area contributed by atoms with E-state index >= 15 is 0 Å². The lowest BCUT2D eigenvalue weighted by atomic mass is 9.94. The zero-order chi connectivity index (χ0) is 24.5. The van der Waals surface area contributed by atoms with Gasteiger partial charge in [-0.3, -0.25) is 9.69 Å². The van der Waals surface area contributed by atoms with Crippen molar-refractivity contribution < 1.29 is 19.7 Å². The van der Waals surface area contributed by atoms with Crippen LogP contribution in [-0.2, 0) is 9.53 Å². The van der Waals surface area contributed by atoms with Crippen LogP contribution in [0, 0.1) is 0 Å². The van der Waals surface area contributed by atoms with Crippen LogP contribution in [0.2, 0.25) is 0 Å². The van der Waals surface area contributed by atoms with Gasteiger partial charge < -0.3 is 19.8 Å². The lowest BCUT2D eigenvalue weighted by Crippen LogP contribution is -2.41. The first-order valence-corrected chi connectivity index (χ1v) is 13.6. The van der Waals surface area contributed by atoms with E-state index in [0.29, 0.717) is 24.6 Å². The molecule has 0 aromatic heterocycles. The topological polar surface area (TPSA) is 85.6 Å². The van der Waals surface area contributed by atoms with Gasteiger partial charge in [-0.05, 0) is 62.3 Å². The minimum Gasteiger partial charge on any atom is -0.420 e. The van der Waals surface area contributed by atoms with Crippen LogP contribution in [0.15, 0.2) is 35.0 Å². The van der Waals surface area contributed by atoms with Crippen LogP contribution >= 0.6 is 0 Å². The number of aliphatic hydroxyl groups excluding tert-OH is 2. The number of carbonyl (C=O) groups is 1. The van der Waals surface area contributed by atoms with Crippen molar-refractivity contribution in [3.63, 3.8) is 0 Å². The van der Waals surface area contributed by atoms with Crippen LogP contribution in [0.3, 0.4) is 0 Å². The number of amides is 1. The highest BCUT2D eigenvalue weighted by Gasteiger charge is 2.40. The number of hydrogen-bond acceptors (Lipinski definition) is 6. The van der Waals surface area contributed by atoms with E-state index in [1.807, 2.05) is 35.2 Å². The molecule has 7 nitrogen and oxygen atoms in total. The summed E-state index contributed by atoms with van der Waals surface area (Å²) < 4.78 is 6.15. The zero-order valence-corrected chi connectivity index (χ0v) is 20.9. The second-order valence-corrected chi connectivity index (χ2v) is 10.0. The first-order chi connectivity index (χ1) is 17.2. The fourth-order valence-corrected chi connectivity index (χ4v) is 5.43. The van der Waals surface area contributed by atoms with Gasteiger partial charge >= 0.3 is 6.02 Å². The Morgan fingerprint density at radius 1 is 0.914 bits per heavy atom. The van der Waals surface area contributed by atoms with Gasteiger partial charge in [0, 0.05) is 38.0 Å². The van der Waals surface area contributed by atoms with Crippen LogP contribution in [0.1, 0.15) is 82.6 Å². The predicted octanol–water partition coefficient (Wildman–Crippen LogP) is 4.48. The molecule has 1 aromatic carbocycles. The maximum absolute atomic E-state index is 13.5. The quantitative estimate of drug-likeness (QED) is 0.479. The van der Waals surface area contributed by atoms with Crippen molar-refractivity contribution in [2.45, 2.75) is 89.1 Å². The van der Waals surface area contributed by atoms with Gasteiger partial charge in [0.1, 0.15) is 0 Å². The lowest BCUT2D eigenvalue weighted by Gasteiger charge is -2.29. The van der Waals surface area contributed by atoms with Crippen molar-refractivity contribution in [2.75, 3.05) is 31.2 Å². The van der Waals surface area contributed by atoms with Crippen LogP contribution < -0.4 is 4.90 Å². The molecule has 1 aromatic rings. The van der Waals surface area contributed by atoms with Gasteiger partial charge in [0.2, 0.25) is 0 Å². The second kappa shape index (κ2) is 13.1. The molecule has 4 rings (SSSR count). The summed E-state index contributed by atoms with van der Waals surface area (Å²) >= 11 is 0. The molecule has 0 spiro atoms. The summed E-state index contributed by atoms with van der Waals surface area (Å²) in [6.45, 7) is 1.74. The number of hydrogen-bond donors (Lipinski definition) is 2. The Morgan fingerprint density at radius 2 is 1.51 bits per heavy atom. The molecule has 1 aliphatic heterocycles. The Kier molecular flexibility index (Phi) is 9.60. The molecule has 0 atom stereocenters. The molecule has 1 heterocycles. The molecule has 192 valence electrons. The van der Waals surface area contributed by atoms with Crippen molar-refractivity contribution in [2.24, 2.45) is 4.99 Å². The van der Waals surface area contributed by atoms with Crippen molar-refractivity contribution in [3.8, 4) is 0 Å². The van der Waals surface area contributed by atoms with Gasteiger partial charge in [-0.15, -0.1) is 0 Å². The summed E-state index contributed by atoms with van der Waals surface area (Å²) in [7, 11) is 0. The molecule has 3 fully saturated rings. The molecule has 35 heavy (non-hydrogen) atoms. The van der Waals surface area contributed by atoms with Gasteiger partial charge in [0.25, 0.3) is 5.91 Å². The smallest absolute Gasteiger partial charge is 0.300 e. The largest absolute Gasteiger partial charge is 0.420 e. The summed E-state index contributed by atoms with van der Waals surface area (Å²) in [5, 5.41) is 18.4. The van der Waals surface area contributed by atoms with Crippen LogP contribution in [0.5, 0.6) is 0 Å². The third-order valence-electron chi connectivity index (χ3n) is 7.37. The van der Waals surface area contributed by atoms with E-state index in [0.717, 1.165) is 62.9 Å². The summed E-state index contributed by atoms with van der Waals surface area (Å²) in [5.74, 6) is 0.290. The Balaban J connectivity index is 1.52. The maximum atomic E-state index is 13.5. The molecule has 2 aliphatic carbocycles. The number of amidine groups is 1. The van der Waals surface area contributed by atoms with Gasteiger partial charge in [0.05, 0.1) is 6.04 Å². The molecular formula is C28H41N3O4. The number of nitrogens with zero attached hydrogens (tertiary/aromatic N) is 3. The summed E-state index contributed by atoms with van der Waals surface area (Å²) in [6, 6.07) is 8.97. The maximum Gasteiger partial charge on any atom is 0.300 e. The SMILES string of the molecule is O=C1/C(=C\c2ccc(N(CCCO)CCCO)cc2)O/C(=N/C2CCCCC2)N1C1CCCCC1. The molecule has 3 aliphatic rings. The van der Waals surface area contributed by atoms with Crippen molar-refractivity contribution in [1.29, 1.82) is 0 Å². The summed E-state index contributed by atoms with van der Waals surface area (Å²) in [4.78, 5) is 22.4. The predicted molar refractivity (Wildman–Crippen MR) is 139 cm³/mol. The number of anilines is 1. The standard InChI is InChI=1S/C28H41N3O4/c32-19-7-17-30(18-8-20-33)24-15-13-22(14-16-24)21-26-27(34)31(25-11-5-2-6-12-25)28(35-26)29-23-9-3-1-4-10-23/h13-16,21,23,25,32-33H,1-12,17-20H2/b26-21+,29-28+. The van der Waals surface area contributed by atoms with Gasteiger partial charge in [-0.2, -0.15) is 0 Å². The van der Waals surface area contributed by atoms with E-state index in [-0.39, 0.29) is 31.2 Å². The normalized spacial score (nSPS) is 22.2. The van der Waals surface area contributed by atoms with Gasteiger partial charge in [-0.1, -0.05) is 50.7 Å². The van der Waals surface area contributed by atoms with Gasteiger partial charge in [0.15, 0.2) is 5.76 Å². The number of aliphatic imine (C=N–C) groups is 1. The van der Waals surface area contributed by atoms with Crippen LogP contribution in [0.4, 0.5) is 5.69 Å². The molecular weight excluding hydrogens is 442 g/mol. The summed E-state index contributed by atoms with van der Waals surface area (Å²) in [6.07, 6.45) is 14.6. The molecule has 0 radical (unpaired) electrons. The van der Waals surface area contributed by atoms with E-state index < -0.39 is 0 Å². The molecule has 2 saturated carbocycles. The van der Waals surface area contributed by atoms with Crippen molar-refractivity contribution >= 4 is 23.7 Å². The number of aliphatic hydroxyl groups is 2. The van der Waals surface area contributed by atoms with Crippen molar-refractivity contribution in [3.05, 3.63) is 35.6 Å². The van der Waals surface area contributed by atoms with Crippen LogP contribution in [-0.4, -0.2) is 65.4 Å². The number of rotatable bonds is 10. The molecule has 2 N–H and O–H groups in total. The number of ether oxygens (including phenoxy) is 1. The average Bonchev–Trinajstić information content (AvgIpc) is 3.20. The molecule has 0 bridgehead atoms. The highest BCUT2D eigenvalue weighted by molar-refractivity contribution is 6.11. The molecule has 0 unspecified atom stereocenters. The summed E-state index contributed by atoms with van der Waals surface area (Å²) in [5.41, 5.74) is 1.94. The minimum absolute atomic E-state index is 0.0666. The fraction of sp³-hybridized carbons (Fsp3) is 0.643. The van der Waals surface area contributed by atoms with E-state index in [9.17, 15) is 15.0 Å². The molecule has 7 heteroatoms. The fourth-order valence-electron chi connectivity index (χ4n) is 5.43. The number of benzene rings is 1. The second-order valence-electron chi connectivity index (χ2n) is 10.0. The third-order valence-corrected chi connectivity index (χ3v) is 7.37. The number of carbonyl (C=O) groups excluding carboxylic acids is 1. The van der Waals surface area contributed by atoms with E-state index in [1.54, 1.807) is 0 Å². The zero-order valence-electron chi connectivity index (χ0n) is 20.9. The third kappa shape index (κ3) is 6.85. The first kappa shape index (κ1) is 25.7. The highest BCUT2D eigenvalue weighted by Crippen LogP contribution is 2.31. The van der Waals surface area contributed by atoms with Crippen molar-refractivity contribution in [1.82, 2.24) is 4.90 Å². The Labute approximate surface area is 209 Å². The minimum atomic E-state index is -0.0666. The Bertz CT molecular complexity index is 863. The lowest BCUT2D eigenvalue weighted by molar-refractivity contribution is -0.124. The highest BCUT2D eigenvalue weighted by atomic mass is 16.5. The Morgan fingerprint density at radius 3 is 2.11 bits per heavy atom. The first-order valence-electron chi connectivity index (χ1n) is 13.6. The van der Waals surface area contributed by atoms with Gasteiger partial charge in [-0.25, -0.2) is 4.99 Å². The van der Waals surface area contributed by atoms with E-state index in [2.05, 4.69) is 4.90 Å². The van der Waals surface area contributed by atoms with E-state index in [4.69, 9.17) is 9.73 Å². The average molecular weight is 484 g/mol. The molecule has 1 saturated heterocycles.